The predicted octanol–water partition coefficient (Wildman–Crippen LogP) is 4.56. The molecule has 0 saturated carbocycles. The molecule has 2 heterocycles. The average molecular weight is 446 g/mol. The van der Waals surface area contributed by atoms with Gasteiger partial charge in [0.25, 0.3) is 0 Å². The molecule has 1 amide bonds. The summed E-state index contributed by atoms with van der Waals surface area (Å²) in [7, 11) is 1.62. The zero-order valence-corrected chi connectivity index (χ0v) is 17.9. The molecule has 3 aromatic carbocycles. The number of nitrogens with zero attached hydrogens (tertiary/aromatic N) is 1. The number of ether oxygens (including phenoxy) is 5. The van der Waals surface area contributed by atoms with Crippen molar-refractivity contribution in [3.05, 3.63) is 83.9 Å². The minimum Gasteiger partial charge on any atom is -0.497 e. The van der Waals surface area contributed by atoms with Crippen LogP contribution in [0.4, 0.5) is 10.5 Å². The summed E-state index contributed by atoms with van der Waals surface area (Å²) < 4.78 is 27.5. The van der Waals surface area contributed by atoms with Crippen LogP contribution in [-0.4, -0.2) is 38.6 Å². The van der Waals surface area contributed by atoms with Gasteiger partial charge < -0.3 is 23.7 Å². The molecule has 33 heavy (non-hydrogen) atoms. The zero-order valence-electron chi connectivity index (χ0n) is 17.9. The lowest BCUT2D eigenvalue weighted by atomic mass is 10.0. The van der Waals surface area contributed by atoms with Crippen molar-refractivity contribution in [2.45, 2.75) is 12.1 Å². The van der Waals surface area contributed by atoms with E-state index >= 15 is 0 Å². The summed E-state index contributed by atoms with van der Waals surface area (Å²) >= 11 is 0. The Morgan fingerprint density at radius 1 is 0.970 bits per heavy atom. The van der Waals surface area contributed by atoms with Gasteiger partial charge in [-0.15, -0.1) is 0 Å². The van der Waals surface area contributed by atoms with Crippen LogP contribution in [0.3, 0.4) is 0 Å². The Morgan fingerprint density at radius 2 is 1.76 bits per heavy atom. The Kier molecular flexibility index (Phi) is 5.72. The van der Waals surface area contributed by atoms with Gasteiger partial charge in [-0.25, -0.2) is 9.79 Å². The second kappa shape index (κ2) is 9.12. The molecule has 168 valence electrons. The fourth-order valence-corrected chi connectivity index (χ4v) is 3.69. The quantitative estimate of drug-likeness (QED) is 0.618. The van der Waals surface area contributed by atoms with Crippen LogP contribution < -0.4 is 19.5 Å². The Balaban J connectivity index is 1.34. The van der Waals surface area contributed by atoms with Gasteiger partial charge in [-0.2, -0.15) is 0 Å². The van der Waals surface area contributed by atoms with Crippen molar-refractivity contribution >= 4 is 17.7 Å². The second-order valence-corrected chi connectivity index (χ2v) is 7.47. The van der Waals surface area contributed by atoms with Crippen molar-refractivity contribution in [1.29, 1.82) is 0 Å². The van der Waals surface area contributed by atoms with Crippen LogP contribution >= 0.6 is 0 Å². The Hall–Kier alpha value is -4.20. The monoisotopic (exact) mass is 446 g/mol. The molecular formula is C25H22N2O6. The fraction of sp³-hybridized carbons (Fsp3) is 0.200. The molecule has 8 nitrogen and oxygen atoms in total. The molecular weight excluding hydrogens is 424 g/mol. The normalized spacial score (nSPS) is 18.6. The van der Waals surface area contributed by atoms with Crippen LogP contribution in [-0.2, 0) is 9.47 Å². The number of hydrogen-bond donors (Lipinski definition) is 1. The van der Waals surface area contributed by atoms with Gasteiger partial charge in [-0.3, -0.25) is 5.32 Å². The Morgan fingerprint density at radius 3 is 2.55 bits per heavy atom. The SMILES string of the molecule is COc1ccc(C2=NC(c3ccccc3)C(OC(=O)Nc3ccc4c(c3)OCO4)CO2)cc1. The van der Waals surface area contributed by atoms with Crippen molar-refractivity contribution in [1.82, 2.24) is 0 Å². The standard InChI is InChI=1S/C25H22N2O6/c1-29-19-10-7-17(8-11-19)24-27-23(16-5-3-2-4-6-16)22(14-30-24)33-25(28)26-18-9-12-20-21(13-18)32-15-31-20/h2-13,22-23H,14-15H2,1H3,(H,26,28). The van der Waals surface area contributed by atoms with Crippen LogP contribution in [0.25, 0.3) is 0 Å². The summed E-state index contributed by atoms with van der Waals surface area (Å²) in [4.78, 5) is 17.4. The molecule has 0 fully saturated rings. The number of anilines is 1. The molecule has 0 aliphatic carbocycles. The van der Waals surface area contributed by atoms with Gasteiger partial charge in [0, 0.05) is 17.3 Å². The number of benzene rings is 3. The lowest BCUT2D eigenvalue weighted by Gasteiger charge is -2.30. The topological polar surface area (TPSA) is 87.6 Å². The highest BCUT2D eigenvalue weighted by Crippen LogP contribution is 2.34. The van der Waals surface area contributed by atoms with Crippen molar-refractivity contribution in [3.63, 3.8) is 0 Å². The first-order chi connectivity index (χ1) is 16.2. The zero-order chi connectivity index (χ0) is 22.6. The highest BCUT2D eigenvalue weighted by Gasteiger charge is 2.32. The first-order valence-corrected chi connectivity index (χ1v) is 10.5. The molecule has 8 heteroatoms. The Labute approximate surface area is 190 Å². The maximum absolute atomic E-state index is 12.7. The van der Waals surface area contributed by atoms with Gasteiger partial charge in [0.2, 0.25) is 12.7 Å². The number of fused-ring (bicyclic) bond motifs is 1. The number of carbonyl (C=O) groups excluding carboxylic acids is 1. The lowest BCUT2D eigenvalue weighted by Crippen LogP contribution is -2.36. The van der Waals surface area contributed by atoms with E-state index in [0.717, 1.165) is 16.9 Å². The van der Waals surface area contributed by atoms with Crippen molar-refractivity contribution in [2.24, 2.45) is 4.99 Å². The van der Waals surface area contributed by atoms with E-state index < -0.39 is 18.2 Å². The molecule has 0 bridgehead atoms. The van der Waals surface area contributed by atoms with Gasteiger partial charge in [0.1, 0.15) is 18.4 Å². The molecule has 0 aromatic heterocycles. The van der Waals surface area contributed by atoms with Crippen molar-refractivity contribution in [2.75, 3.05) is 25.8 Å². The summed E-state index contributed by atoms with van der Waals surface area (Å²) in [5, 5.41) is 2.73. The van der Waals surface area contributed by atoms with Gasteiger partial charge in [0.05, 0.1) is 7.11 Å². The molecule has 0 spiro atoms. The number of methoxy groups -OCH3 is 1. The van der Waals surface area contributed by atoms with E-state index in [4.69, 9.17) is 28.7 Å². The first kappa shape index (κ1) is 20.7. The number of nitrogens with one attached hydrogen (secondary N) is 1. The second-order valence-electron chi connectivity index (χ2n) is 7.47. The van der Waals surface area contributed by atoms with E-state index in [-0.39, 0.29) is 13.4 Å². The van der Waals surface area contributed by atoms with E-state index in [9.17, 15) is 4.79 Å². The van der Waals surface area contributed by atoms with Crippen LogP contribution in [0, 0.1) is 0 Å². The van der Waals surface area contributed by atoms with Crippen LogP contribution in [0.15, 0.2) is 77.8 Å². The van der Waals surface area contributed by atoms with Gasteiger partial charge in [-0.05, 0) is 42.0 Å². The highest BCUT2D eigenvalue weighted by molar-refractivity contribution is 5.95. The molecule has 0 saturated heterocycles. The van der Waals surface area contributed by atoms with E-state index in [0.29, 0.717) is 23.1 Å². The Bertz CT molecular complexity index is 1160. The van der Waals surface area contributed by atoms with E-state index in [1.807, 2.05) is 54.6 Å². The third-order valence-corrected chi connectivity index (χ3v) is 5.35. The van der Waals surface area contributed by atoms with Gasteiger partial charge >= 0.3 is 6.09 Å². The highest BCUT2D eigenvalue weighted by atomic mass is 16.7. The largest absolute Gasteiger partial charge is 0.497 e. The van der Waals surface area contributed by atoms with E-state index in [2.05, 4.69) is 5.32 Å². The number of aliphatic imine (C=N–C) groups is 1. The van der Waals surface area contributed by atoms with E-state index in [1.54, 1.807) is 25.3 Å². The molecule has 3 aromatic rings. The number of carbonyl (C=O) groups is 1. The summed E-state index contributed by atoms with van der Waals surface area (Å²) in [6.07, 6.45) is -1.21. The van der Waals surface area contributed by atoms with Gasteiger partial charge in [-0.1, -0.05) is 30.3 Å². The molecule has 2 aliphatic rings. The molecule has 5 rings (SSSR count). The first-order valence-electron chi connectivity index (χ1n) is 10.5. The molecule has 2 atom stereocenters. The average Bonchev–Trinajstić information content (AvgIpc) is 3.33. The van der Waals surface area contributed by atoms with Crippen LogP contribution in [0.1, 0.15) is 17.2 Å². The fourth-order valence-electron chi connectivity index (χ4n) is 3.69. The molecule has 0 radical (unpaired) electrons. The van der Waals surface area contributed by atoms with Crippen molar-refractivity contribution < 1.29 is 28.5 Å². The molecule has 2 unspecified atom stereocenters. The minimum absolute atomic E-state index is 0.163. The van der Waals surface area contributed by atoms with Crippen LogP contribution in [0.5, 0.6) is 17.2 Å². The summed E-state index contributed by atoms with van der Waals surface area (Å²) in [6, 6.07) is 21.9. The third kappa shape index (κ3) is 4.55. The minimum atomic E-state index is -0.608. The third-order valence-electron chi connectivity index (χ3n) is 5.35. The van der Waals surface area contributed by atoms with Gasteiger partial charge in [0.15, 0.2) is 17.6 Å². The smallest absolute Gasteiger partial charge is 0.412 e. The number of hydrogen-bond acceptors (Lipinski definition) is 7. The molecule has 1 N–H and O–H groups in total. The van der Waals surface area contributed by atoms with E-state index in [1.165, 1.54) is 0 Å². The predicted molar refractivity (Wildman–Crippen MR) is 121 cm³/mol. The summed E-state index contributed by atoms with van der Waals surface area (Å²) in [5.41, 5.74) is 2.28. The number of amides is 1. The lowest BCUT2D eigenvalue weighted by molar-refractivity contribution is 0.0440. The van der Waals surface area contributed by atoms with Crippen LogP contribution in [0.2, 0.25) is 0 Å². The molecule has 2 aliphatic heterocycles. The summed E-state index contributed by atoms with van der Waals surface area (Å²) in [6.45, 7) is 0.328. The van der Waals surface area contributed by atoms with Crippen molar-refractivity contribution in [3.8, 4) is 17.2 Å². The maximum atomic E-state index is 12.7. The summed E-state index contributed by atoms with van der Waals surface area (Å²) in [5.74, 6) is 2.45. The maximum Gasteiger partial charge on any atom is 0.412 e. The number of rotatable bonds is 5.